The number of hydrogen-bond donors (Lipinski definition) is 4. The van der Waals surface area contributed by atoms with Crippen LogP contribution in [-0.4, -0.2) is 44.8 Å². The summed E-state index contributed by atoms with van der Waals surface area (Å²) in [5.41, 5.74) is 2.19. The van der Waals surface area contributed by atoms with Crippen molar-refractivity contribution in [1.82, 2.24) is 15.3 Å². The first-order chi connectivity index (χ1) is 17.0. The number of carbonyl (C=O) groups excluding carboxylic acids is 2. The van der Waals surface area contributed by atoms with E-state index in [1.54, 1.807) is 18.2 Å². The van der Waals surface area contributed by atoms with E-state index in [0.29, 0.717) is 48.6 Å². The van der Waals surface area contributed by atoms with Gasteiger partial charge in [0.25, 0.3) is 0 Å². The van der Waals surface area contributed by atoms with Crippen molar-refractivity contribution in [2.45, 2.75) is 42.8 Å². The van der Waals surface area contributed by atoms with E-state index in [-0.39, 0.29) is 29.5 Å². The molecular formula is C25H24N6O3S. The number of para-hydroxylation sites is 1. The molecule has 9 nitrogen and oxygen atoms in total. The van der Waals surface area contributed by atoms with E-state index in [4.69, 9.17) is 5.26 Å². The highest BCUT2D eigenvalue weighted by atomic mass is 32.2. The van der Waals surface area contributed by atoms with Crippen molar-refractivity contribution in [1.29, 1.82) is 5.26 Å². The molecule has 4 N–H and O–H groups in total. The summed E-state index contributed by atoms with van der Waals surface area (Å²) >= 11 is 1.47. The highest BCUT2D eigenvalue weighted by Crippen LogP contribution is 2.31. The lowest BCUT2D eigenvalue weighted by Gasteiger charge is -2.33. The van der Waals surface area contributed by atoms with Crippen LogP contribution < -0.4 is 16.0 Å². The predicted octanol–water partition coefficient (Wildman–Crippen LogP) is 2.80. The molecule has 10 heteroatoms. The van der Waals surface area contributed by atoms with Crippen LogP contribution in [0, 0.1) is 17.2 Å². The Morgan fingerprint density at radius 3 is 2.91 bits per heavy atom. The van der Waals surface area contributed by atoms with Gasteiger partial charge in [0, 0.05) is 23.9 Å². The van der Waals surface area contributed by atoms with Gasteiger partial charge < -0.3 is 21.1 Å². The van der Waals surface area contributed by atoms with E-state index in [1.807, 2.05) is 30.3 Å². The number of hydrogen-bond acceptors (Lipinski definition) is 8. The zero-order valence-electron chi connectivity index (χ0n) is 18.8. The lowest BCUT2D eigenvalue weighted by molar-refractivity contribution is -0.122. The zero-order chi connectivity index (χ0) is 24.4. The molecular weight excluding hydrogens is 464 g/mol. The maximum absolute atomic E-state index is 13.0. The Labute approximate surface area is 206 Å². The van der Waals surface area contributed by atoms with Crippen LogP contribution in [0.4, 0.5) is 11.5 Å². The number of carbonyl (C=O) groups is 2. The van der Waals surface area contributed by atoms with Gasteiger partial charge in [0.1, 0.15) is 17.6 Å². The van der Waals surface area contributed by atoms with Gasteiger partial charge in [-0.2, -0.15) is 5.26 Å². The molecule has 3 aromatic rings. The molecule has 0 unspecified atom stereocenters. The van der Waals surface area contributed by atoms with E-state index in [0.717, 1.165) is 16.0 Å². The van der Waals surface area contributed by atoms with Crippen molar-refractivity contribution in [3.63, 3.8) is 0 Å². The summed E-state index contributed by atoms with van der Waals surface area (Å²) in [6.07, 6.45) is 0.939. The highest BCUT2D eigenvalue weighted by Gasteiger charge is 2.33. The third-order valence-corrected chi connectivity index (χ3v) is 7.40. The quantitative estimate of drug-likeness (QED) is 0.430. The Balaban J connectivity index is 1.18. The summed E-state index contributed by atoms with van der Waals surface area (Å²) in [7, 11) is 0. The zero-order valence-corrected chi connectivity index (χ0v) is 19.6. The Kier molecular flexibility index (Phi) is 6.63. The van der Waals surface area contributed by atoms with Gasteiger partial charge in [-0.1, -0.05) is 12.1 Å². The molecule has 0 spiro atoms. The molecule has 2 amide bonds. The average Bonchev–Trinajstić information content (AvgIpc) is 2.87. The molecule has 2 aromatic heterocycles. The summed E-state index contributed by atoms with van der Waals surface area (Å²) in [5, 5.41) is 29.8. The lowest BCUT2D eigenvalue weighted by Crippen LogP contribution is -2.46. The first-order valence-corrected chi connectivity index (χ1v) is 12.4. The normalized spacial score (nSPS) is 21.6. The highest BCUT2D eigenvalue weighted by molar-refractivity contribution is 8.00. The van der Waals surface area contributed by atoms with Crippen molar-refractivity contribution in [2.24, 2.45) is 5.92 Å². The van der Waals surface area contributed by atoms with Crippen LogP contribution in [0.2, 0.25) is 0 Å². The maximum Gasteiger partial charge on any atom is 0.235 e. The molecule has 1 saturated carbocycles. The van der Waals surface area contributed by atoms with Crippen molar-refractivity contribution in [3.8, 4) is 6.07 Å². The standard InChI is InChI=1S/C25H24N6O3S/c26-11-16-6-4-14-2-1-3-19(23(14)28-16)30-25(34)15-5-8-18(20(32)10-15)27-12-17-7-9-21-24(29-17)31-22(33)13-35-21/h1-4,6-7,9,15,18,20,27,32H,5,8,10,12-13H2,(H,30,34)(H,29,31,33)/t15-,18-,20+/m1/s1. The number of benzene rings is 1. The van der Waals surface area contributed by atoms with Crippen molar-refractivity contribution < 1.29 is 14.7 Å². The predicted molar refractivity (Wildman–Crippen MR) is 133 cm³/mol. The monoisotopic (exact) mass is 488 g/mol. The van der Waals surface area contributed by atoms with Gasteiger partial charge in [-0.25, -0.2) is 9.97 Å². The number of aliphatic hydroxyl groups excluding tert-OH is 1. The van der Waals surface area contributed by atoms with Crippen LogP contribution in [0.1, 0.15) is 30.7 Å². The average molecular weight is 489 g/mol. The van der Waals surface area contributed by atoms with E-state index >= 15 is 0 Å². The van der Waals surface area contributed by atoms with Crippen molar-refractivity contribution in [3.05, 3.63) is 53.9 Å². The first kappa shape index (κ1) is 23.2. The number of fused-ring (bicyclic) bond motifs is 2. The second-order valence-electron chi connectivity index (χ2n) is 8.73. The number of pyridine rings is 2. The number of aromatic nitrogens is 2. The Morgan fingerprint density at radius 2 is 2.09 bits per heavy atom. The molecule has 35 heavy (non-hydrogen) atoms. The second-order valence-corrected chi connectivity index (χ2v) is 9.74. The minimum Gasteiger partial charge on any atom is -0.391 e. The van der Waals surface area contributed by atoms with Crippen molar-refractivity contribution >= 4 is 46.0 Å². The van der Waals surface area contributed by atoms with Gasteiger partial charge in [-0.15, -0.1) is 11.8 Å². The topological polar surface area (TPSA) is 140 Å². The molecule has 5 rings (SSSR count). The minimum atomic E-state index is -0.678. The molecule has 2 aliphatic rings. The Hall–Kier alpha value is -3.52. The second kappa shape index (κ2) is 10.00. The largest absolute Gasteiger partial charge is 0.391 e. The number of thioether (sulfide) groups is 1. The summed E-state index contributed by atoms with van der Waals surface area (Å²) in [6.45, 7) is 0.454. The fraction of sp³-hybridized carbons (Fsp3) is 0.320. The van der Waals surface area contributed by atoms with E-state index in [9.17, 15) is 14.7 Å². The molecule has 3 atom stereocenters. The van der Waals surface area contributed by atoms with Crippen LogP contribution in [0.25, 0.3) is 10.9 Å². The molecule has 0 saturated heterocycles. The van der Waals surface area contributed by atoms with Gasteiger partial charge in [-0.05, 0) is 49.6 Å². The van der Waals surface area contributed by atoms with Gasteiger partial charge in [0.2, 0.25) is 11.8 Å². The van der Waals surface area contributed by atoms with E-state index < -0.39 is 6.10 Å². The molecule has 0 radical (unpaired) electrons. The molecule has 3 heterocycles. The smallest absolute Gasteiger partial charge is 0.235 e. The molecule has 1 aliphatic heterocycles. The molecule has 0 bridgehead atoms. The van der Waals surface area contributed by atoms with Crippen LogP contribution in [0.3, 0.4) is 0 Å². The van der Waals surface area contributed by atoms with Crippen LogP contribution in [-0.2, 0) is 16.1 Å². The number of nitrogens with one attached hydrogen (secondary N) is 3. The number of amides is 2. The summed E-state index contributed by atoms with van der Waals surface area (Å²) in [5.74, 6) is 0.427. The number of rotatable bonds is 5. The summed E-state index contributed by atoms with van der Waals surface area (Å²) in [6, 6.07) is 14.7. The van der Waals surface area contributed by atoms with Gasteiger partial charge in [0.15, 0.2) is 0 Å². The summed E-state index contributed by atoms with van der Waals surface area (Å²) < 4.78 is 0. The number of aliphatic hydroxyl groups is 1. The number of nitriles is 1. The minimum absolute atomic E-state index is 0.0584. The lowest BCUT2D eigenvalue weighted by atomic mass is 9.83. The Bertz CT molecular complexity index is 1340. The molecule has 1 aliphatic carbocycles. The Morgan fingerprint density at radius 1 is 1.20 bits per heavy atom. The molecule has 1 aromatic carbocycles. The number of anilines is 2. The van der Waals surface area contributed by atoms with Gasteiger partial charge in [-0.3, -0.25) is 9.59 Å². The van der Waals surface area contributed by atoms with E-state index in [1.165, 1.54) is 11.8 Å². The van der Waals surface area contributed by atoms with Crippen molar-refractivity contribution in [2.75, 3.05) is 16.4 Å². The SMILES string of the molecule is N#Cc1ccc2cccc(NC(=O)[C@@H]3CC[C@@H](NCc4ccc5c(n4)NC(=O)CS5)[C@@H](O)C3)c2n1. The summed E-state index contributed by atoms with van der Waals surface area (Å²) in [4.78, 5) is 34.4. The van der Waals surface area contributed by atoms with Crippen LogP contribution in [0.5, 0.6) is 0 Å². The third kappa shape index (κ3) is 5.12. The van der Waals surface area contributed by atoms with Gasteiger partial charge >= 0.3 is 0 Å². The number of nitrogens with zero attached hydrogens (tertiary/aromatic N) is 3. The van der Waals surface area contributed by atoms with E-state index in [2.05, 4.69) is 25.9 Å². The first-order valence-electron chi connectivity index (χ1n) is 11.4. The van der Waals surface area contributed by atoms with Crippen LogP contribution >= 0.6 is 11.8 Å². The maximum atomic E-state index is 13.0. The van der Waals surface area contributed by atoms with Gasteiger partial charge in [0.05, 0.1) is 33.7 Å². The fourth-order valence-corrected chi connectivity index (χ4v) is 5.26. The fourth-order valence-electron chi connectivity index (χ4n) is 4.51. The molecule has 1 fully saturated rings. The van der Waals surface area contributed by atoms with Crippen LogP contribution in [0.15, 0.2) is 47.4 Å². The molecule has 178 valence electrons. The third-order valence-electron chi connectivity index (χ3n) is 6.36.